The molecule has 0 fully saturated rings. The Morgan fingerprint density at radius 2 is 2.11 bits per heavy atom. The summed E-state index contributed by atoms with van der Waals surface area (Å²) in [5.41, 5.74) is 2.79. The summed E-state index contributed by atoms with van der Waals surface area (Å²) in [5, 5.41) is 9.66. The lowest BCUT2D eigenvalue weighted by Gasteiger charge is -2.19. The summed E-state index contributed by atoms with van der Waals surface area (Å²) in [6.07, 6.45) is -3.91. The lowest BCUT2D eigenvalue weighted by atomic mass is 10.0. The molecule has 1 unspecified atom stereocenters. The van der Waals surface area contributed by atoms with Gasteiger partial charge in [-0.25, -0.2) is 0 Å². The number of hydrogen-bond acceptors (Lipinski definition) is 3. The van der Waals surface area contributed by atoms with Crippen LogP contribution in [0.25, 0.3) is 0 Å². The predicted octanol–water partition coefficient (Wildman–Crippen LogP) is 3.69. The van der Waals surface area contributed by atoms with Crippen LogP contribution in [0.15, 0.2) is 22.7 Å². The molecular formula is C11H13BrF3NO2. The van der Waals surface area contributed by atoms with E-state index in [4.69, 9.17) is 0 Å². The molecule has 0 bridgehead atoms. The predicted molar refractivity (Wildman–Crippen MR) is 64.0 cm³/mol. The van der Waals surface area contributed by atoms with Crippen LogP contribution in [0.2, 0.25) is 0 Å². The van der Waals surface area contributed by atoms with Gasteiger partial charge in [0.1, 0.15) is 5.75 Å². The van der Waals surface area contributed by atoms with E-state index in [1.807, 2.05) is 0 Å². The molecule has 7 heteroatoms. The number of aromatic hydroxyl groups is 1. The Bertz CT molecular complexity index is 398. The van der Waals surface area contributed by atoms with Crippen LogP contribution in [-0.2, 0) is 4.84 Å². The van der Waals surface area contributed by atoms with Gasteiger partial charge in [0.15, 0.2) is 6.61 Å². The average molecular weight is 328 g/mol. The van der Waals surface area contributed by atoms with Crippen molar-refractivity contribution in [3.63, 3.8) is 0 Å². The summed E-state index contributed by atoms with van der Waals surface area (Å²) < 4.78 is 36.5. The number of benzene rings is 1. The molecule has 1 aromatic rings. The van der Waals surface area contributed by atoms with Crippen molar-refractivity contribution < 1.29 is 23.1 Å². The first-order chi connectivity index (χ1) is 8.33. The van der Waals surface area contributed by atoms with Crippen molar-refractivity contribution in [3.05, 3.63) is 28.2 Å². The van der Waals surface area contributed by atoms with Gasteiger partial charge >= 0.3 is 6.18 Å². The second-order valence-corrected chi connectivity index (χ2v) is 4.60. The highest BCUT2D eigenvalue weighted by Gasteiger charge is 2.28. The van der Waals surface area contributed by atoms with Crippen molar-refractivity contribution in [3.8, 4) is 5.75 Å². The number of phenolic OH excluding ortho intramolecular Hbond substituents is 1. The summed E-state index contributed by atoms with van der Waals surface area (Å²) in [4.78, 5) is 4.40. The smallest absolute Gasteiger partial charge is 0.413 e. The van der Waals surface area contributed by atoms with Crippen LogP contribution in [0, 0.1) is 0 Å². The largest absolute Gasteiger partial charge is 0.508 e. The van der Waals surface area contributed by atoms with Gasteiger partial charge in [-0.3, -0.25) is 4.84 Å². The van der Waals surface area contributed by atoms with Gasteiger partial charge in [-0.15, -0.1) is 0 Å². The SMILES string of the molecule is CCC(NOCC(F)(F)F)c1cc(Br)ccc1O. The minimum absolute atomic E-state index is 0.00755. The van der Waals surface area contributed by atoms with E-state index in [1.54, 1.807) is 19.1 Å². The molecule has 1 rings (SSSR count). The molecule has 0 aliphatic heterocycles. The van der Waals surface area contributed by atoms with E-state index < -0.39 is 18.8 Å². The minimum atomic E-state index is -4.38. The zero-order chi connectivity index (χ0) is 13.8. The van der Waals surface area contributed by atoms with Crippen LogP contribution in [0.3, 0.4) is 0 Å². The molecule has 0 aromatic heterocycles. The van der Waals surface area contributed by atoms with E-state index in [9.17, 15) is 18.3 Å². The Labute approximate surface area is 111 Å². The van der Waals surface area contributed by atoms with Gasteiger partial charge in [0.05, 0.1) is 6.04 Å². The summed E-state index contributed by atoms with van der Waals surface area (Å²) in [7, 11) is 0. The molecular weight excluding hydrogens is 315 g/mol. The molecule has 18 heavy (non-hydrogen) atoms. The van der Waals surface area contributed by atoms with Crippen LogP contribution >= 0.6 is 15.9 Å². The first-order valence-corrected chi connectivity index (χ1v) is 6.05. The molecule has 0 saturated carbocycles. The quantitative estimate of drug-likeness (QED) is 0.810. The molecule has 0 saturated heterocycles. The second-order valence-electron chi connectivity index (χ2n) is 3.69. The Balaban J connectivity index is 2.68. The molecule has 0 spiro atoms. The third-order valence-electron chi connectivity index (χ3n) is 2.23. The number of hydroxylamine groups is 1. The molecule has 1 aromatic carbocycles. The van der Waals surface area contributed by atoms with Crippen LogP contribution in [0.5, 0.6) is 5.75 Å². The third-order valence-corrected chi connectivity index (χ3v) is 2.73. The maximum absolute atomic E-state index is 11.9. The normalized spacial score (nSPS) is 13.6. The number of hydrogen-bond donors (Lipinski definition) is 2. The van der Waals surface area contributed by atoms with Crippen molar-refractivity contribution in [2.45, 2.75) is 25.6 Å². The standard InChI is InChI=1S/C11H13BrF3NO2/c1-2-9(16-18-6-11(13,14)15)8-5-7(12)3-4-10(8)17/h3-5,9,16-17H,2,6H2,1H3. The third kappa shape index (κ3) is 4.83. The maximum Gasteiger partial charge on any atom is 0.413 e. The Morgan fingerprint density at radius 3 is 2.67 bits per heavy atom. The number of alkyl halides is 3. The molecule has 0 aliphatic carbocycles. The van der Waals surface area contributed by atoms with Gasteiger partial charge in [0.25, 0.3) is 0 Å². The number of rotatable bonds is 5. The lowest BCUT2D eigenvalue weighted by molar-refractivity contribution is -0.193. The van der Waals surface area contributed by atoms with Crippen molar-refractivity contribution in [1.29, 1.82) is 0 Å². The fourth-order valence-corrected chi connectivity index (χ4v) is 1.77. The first kappa shape index (κ1) is 15.3. The second kappa shape index (κ2) is 6.40. The van der Waals surface area contributed by atoms with Gasteiger partial charge in [-0.1, -0.05) is 22.9 Å². The van der Waals surface area contributed by atoms with Gasteiger partial charge in [0.2, 0.25) is 0 Å². The molecule has 3 nitrogen and oxygen atoms in total. The Hall–Kier alpha value is -0.790. The number of halogens is 4. The molecule has 0 aliphatic rings. The van der Waals surface area contributed by atoms with E-state index in [1.165, 1.54) is 6.07 Å². The number of phenols is 1. The Morgan fingerprint density at radius 1 is 1.44 bits per heavy atom. The zero-order valence-corrected chi connectivity index (χ0v) is 11.2. The van der Waals surface area contributed by atoms with Crippen molar-refractivity contribution in [1.82, 2.24) is 5.48 Å². The number of nitrogens with one attached hydrogen (secondary N) is 1. The lowest BCUT2D eigenvalue weighted by Crippen LogP contribution is -2.27. The van der Waals surface area contributed by atoms with E-state index in [0.717, 1.165) is 4.47 Å². The first-order valence-electron chi connectivity index (χ1n) is 5.26. The van der Waals surface area contributed by atoms with Crippen LogP contribution < -0.4 is 5.48 Å². The summed E-state index contributed by atoms with van der Waals surface area (Å²) >= 11 is 3.23. The maximum atomic E-state index is 11.9. The van der Waals surface area contributed by atoms with Crippen molar-refractivity contribution in [2.24, 2.45) is 0 Å². The van der Waals surface area contributed by atoms with Crippen molar-refractivity contribution in [2.75, 3.05) is 6.61 Å². The average Bonchev–Trinajstić information content (AvgIpc) is 2.27. The molecule has 0 amide bonds. The molecule has 2 N–H and O–H groups in total. The summed E-state index contributed by atoms with van der Waals surface area (Å²) in [6, 6.07) is 4.23. The van der Waals surface area contributed by atoms with E-state index in [2.05, 4.69) is 26.2 Å². The van der Waals surface area contributed by atoms with Crippen molar-refractivity contribution >= 4 is 15.9 Å². The summed E-state index contributed by atoms with van der Waals surface area (Å²) in [6.45, 7) is 0.396. The zero-order valence-electron chi connectivity index (χ0n) is 9.59. The fraction of sp³-hybridized carbons (Fsp3) is 0.455. The van der Waals surface area contributed by atoms with Crippen LogP contribution in [0.1, 0.15) is 24.9 Å². The highest BCUT2D eigenvalue weighted by Crippen LogP contribution is 2.29. The van der Waals surface area contributed by atoms with E-state index in [-0.39, 0.29) is 5.75 Å². The van der Waals surface area contributed by atoms with Crippen LogP contribution in [0.4, 0.5) is 13.2 Å². The molecule has 0 heterocycles. The van der Waals surface area contributed by atoms with Crippen LogP contribution in [-0.4, -0.2) is 17.9 Å². The fourth-order valence-electron chi connectivity index (χ4n) is 1.40. The topological polar surface area (TPSA) is 41.5 Å². The van der Waals surface area contributed by atoms with Gasteiger partial charge in [-0.05, 0) is 24.6 Å². The van der Waals surface area contributed by atoms with Gasteiger partial charge in [0, 0.05) is 10.0 Å². The van der Waals surface area contributed by atoms with Gasteiger partial charge < -0.3 is 5.11 Å². The molecule has 102 valence electrons. The van der Waals surface area contributed by atoms with E-state index >= 15 is 0 Å². The van der Waals surface area contributed by atoms with E-state index in [0.29, 0.717) is 12.0 Å². The minimum Gasteiger partial charge on any atom is -0.508 e. The Kier molecular flexibility index (Phi) is 5.43. The monoisotopic (exact) mass is 327 g/mol. The summed E-state index contributed by atoms with van der Waals surface area (Å²) in [5.74, 6) is 0.00755. The molecule has 1 atom stereocenters. The van der Waals surface area contributed by atoms with Gasteiger partial charge in [-0.2, -0.15) is 18.7 Å². The molecule has 0 radical (unpaired) electrons. The highest BCUT2D eigenvalue weighted by atomic mass is 79.9. The highest BCUT2D eigenvalue weighted by molar-refractivity contribution is 9.10.